The number of benzene rings is 2. The minimum absolute atomic E-state index is 0.228. The molecular weight excluding hydrogens is 360 g/mol. The number of hydrogen-bond donors (Lipinski definition) is 0. The van der Waals surface area contributed by atoms with Crippen molar-refractivity contribution in [2.24, 2.45) is 0 Å². The van der Waals surface area contributed by atoms with Gasteiger partial charge >= 0.3 is 5.97 Å². The van der Waals surface area contributed by atoms with Crippen molar-refractivity contribution < 1.29 is 23.9 Å². The zero-order chi connectivity index (χ0) is 20.1. The Kier molecular flexibility index (Phi) is 4.03. The van der Waals surface area contributed by atoms with Crippen molar-refractivity contribution in [1.29, 1.82) is 0 Å². The highest BCUT2D eigenvalue weighted by atomic mass is 16.5. The lowest BCUT2D eigenvalue weighted by Crippen LogP contribution is -2.50. The second-order valence-corrected chi connectivity index (χ2v) is 6.96. The lowest BCUT2D eigenvalue weighted by Gasteiger charge is -2.30. The Bertz CT molecular complexity index is 996. The van der Waals surface area contributed by atoms with E-state index in [1.54, 1.807) is 55.6 Å². The van der Waals surface area contributed by atoms with E-state index in [9.17, 15) is 19.2 Å². The van der Waals surface area contributed by atoms with Crippen LogP contribution in [0.4, 0.5) is 5.69 Å². The smallest absolute Gasteiger partial charge is 0.307 e. The van der Waals surface area contributed by atoms with E-state index >= 15 is 0 Å². The van der Waals surface area contributed by atoms with Crippen LogP contribution in [0.25, 0.3) is 0 Å². The maximum absolute atomic E-state index is 13.3. The van der Waals surface area contributed by atoms with Gasteiger partial charge in [-0.15, -0.1) is 0 Å². The summed E-state index contributed by atoms with van der Waals surface area (Å²) < 4.78 is 4.82. The van der Waals surface area contributed by atoms with Gasteiger partial charge in [-0.1, -0.05) is 30.3 Å². The van der Waals surface area contributed by atoms with Crippen molar-refractivity contribution in [3.8, 4) is 0 Å². The van der Waals surface area contributed by atoms with E-state index in [2.05, 4.69) is 0 Å². The average Bonchev–Trinajstić information content (AvgIpc) is 3.08. The minimum Gasteiger partial charge on any atom is -0.469 e. The van der Waals surface area contributed by atoms with Gasteiger partial charge in [-0.25, -0.2) is 0 Å². The van der Waals surface area contributed by atoms with Crippen molar-refractivity contribution in [3.05, 3.63) is 65.2 Å². The van der Waals surface area contributed by atoms with E-state index in [1.807, 2.05) is 0 Å². The summed E-state index contributed by atoms with van der Waals surface area (Å²) in [6.45, 7) is -0.228. The molecule has 0 saturated heterocycles. The number of fused-ring (bicyclic) bond motifs is 2. The SMILES string of the molecule is COC(=O)CC1(CN2C(=O)c3ccccc3C2=O)C(=O)N(C)c2ccccc21. The number of carbonyl (C=O) groups excluding carboxylic acids is 4. The third-order valence-electron chi connectivity index (χ3n) is 5.47. The quantitative estimate of drug-likeness (QED) is 0.598. The molecule has 4 rings (SSSR count). The summed E-state index contributed by atoms with van der Waals surface area (Å²) in [6.07, 6.45) is -0.267. The van der Waals surface area contributed by atoms with Gasteiger partial charge in [-0.3, -0.25) is 24.1 Å². The molecule has 0 saturated carbocycles. The van der Waals surface area contributed by atoms with Crippen molar-refractivity contribution in [2.45, 2.75) is 11.8 Å². The van der Waals surface area contributed by atoms with Crippen LogP contribution in [0.3, 0.4) is 0 Å². The second kappa shape index (κ2) is 6.30. The molecule has 0 fully saturated rings. The summed E-state index contributed by atoms with van der Waals surface area (Å²) in [5.41, 5.74) is 0.462. The lowest BCUT2D eigenvalue weighted by molar-refractivity contribution is -0.144. The van der Waals surface area contributed by atoms with E-state index in [-0.39, 0.29) is 18.9 Å². The number of esters is 1. The molecule has 0 aromatic heterocycles. The molecule has 0 spiro atoms. The molecule has 0 N–H and O–H groups in total. The highest BCUT2D eigenvalue weighted by Crippen LogP contribution is 2.45. The summed E-state index contributed by atoms with van der Waals surface area (Å²) in [7, 11) is 2.86. The Morgan fingerprint density at radius 1 is 0.964 bits per heavy atom. The number of imide groups is 1. The molecular formula is C21H18N2O5. The first-order chi connectivity index (χ1) is 13.4. The zero-order valence-electron chi connectivity index (χ0n) is 15.5. The fourth-order valence-corrected chi connectivity index (χ4v) is 4.07. The van der Waals surface area contributed by atoms with E-state index in [4.69, 9.17) is 4.74 Å². The van der Waals surface area contributed by atoms with Crippen LogP contribution in [0.5, 0.6) is 0 Å². The molecule has 0 aliphatic carbocycles. The molecule has 1 unspecified atom stereocenters. The van der Waals surface area contributed by atoms with Gasteiger partial charge in [0, 0.05) is 19.3 Å². The van der Waals surface area contributed by atoms with Crippen molar-refractivity contribution in [1.82, 2.24) is 4.90 Å². The molecule has 142 valence electrons. The molecule has 28 heavy (non-hydrogen) atoms. The third kappa shape index (κ3) is 2.36. The number of methoxy groups -OCH3 is 1. The van der Waals surface area contributed by atoms with Gasteiger partial charge in [0.05, 0.1) is 24.7 Å². The van der Waals surface area contributed by atoms with Crippen LogP contribution >= 0.6 is 0 Å². The number of nitrogens with zero attached hydrogens (tertiary/aromatic N) is 2. The van der Waals surface area contributed by atoms with Crippen LogP contribution < -0.4 is 4.90 Å². The van der Waals surface area contributed by atoms with Crippen LogP contribution in [0, 0.1) is 0 Å². The molecule has 2 aliphatic rings. The van der Waals surface area contributed by atoms with Gasteiger partial charge in [-0.05, 0) is 23.8 Å². The Labute approximate surface area is 161 Å². The molecule has 0 radical (unpaired) electrons. The predicted octanol–water partition coefficient (Wildman–Crippen LogP) is 1.76. The van der Waals surface area contributed by atoms with Crippen molar-refractivity contribution >= 4 is 29.4 Å². The summed E-state index contributed by atoms with van der Waals surface area (Å²) in [5, 5.41) is 0. The number of ether oxygens (including phenoxy) is 1. The second-order valence-electron chi connectivity index (χ2n) is 6.96. The normalized spacial score (nSPS) is 20.4. The first-order valence-corrected chi connectivity index (χ1v) is 8.80. The summed E-state index contributed by atoms with van der Waals surface area (Å²) in [6, 6.07) is 13.6. The van der Waals surface area contributed by atoms with Crippen LogP contribution in [-0.2, 0) is 19.7 Å². The van der Waals surface area contributed by atoms with Gasteiger partial charge in [0.15, 0.2) is 0 Å². The molecule has 1 atom stereocenters. The molecule has 2 aliphatic heterocycles. The van der Waals surface area contributed by atoms with E-state index in [1.165, 1.54) is 12.0 Å². The predicted molar refractivity (Wildman–Crippen MR) is 100.0 cm³/mol. The number of carbonyl (C=O) groups is 4. The van der Waals surface area contributed by atoms with Crippen LogP contribution in [0.1, 0.15) is 32.7 Å². The topological polar surface area (TPSA) is 84.0 Å². The molecule has 3 amide bonds. The highest BCUT2D eigenvalue weighted by molar-refractivity contribution is 6.22. The van der Waals surface area contributed by atoms with Gasteiger partial charge < -0.3 is 9.64 Å². The van der Waals surface area contributed by atoms with E-state index in [0.717, 1.165) is 4.90 Å². The maximum Gasteiger partial charge on any atom is 0.307 e. The molecule has 0 bridgehead atoms. The Balaban J connectivity index is 1.82. The average molecular weight is 378 g/mol. The molecule has 7 heteroatoms. The summed E-state index contributed by atoms with van der Waals surface area (Å²) in [4.78, 5) is 53.7. The third-order valence-corrected chi connectivity index (χ3v) is 5.47. The Morgan fingerprint density at radius 2 is 1.54 bits per heavy atom. The minimum atomic E-state index is -1.38. The van der Waals surface area contributed by atoms with Crippen LogP contribution in [0.2, 0.25) is 0 Å². The van der Waals surface area contributed by atoms with Crippen molar-refractivity contribution in [2.75, 3.05) is 25.6 Å². The van der Waals surface area contributed by atoms with Gasteiger partial charge in [-0.2, -0.15) is 0 Å². The first kappa shape index (κ1) is 17.9. The number of rotatable bonds is 4. The molecule has 2 heterocycles. The largest absolute Gasteiger partial charge is 0.469 e. The molecule has 2 aromatic rings. The van der Waals surface area contributed by atoms with E-state index < -0.39 is 23.2 Å². The van der Waals surface area contributed by atoms with Crippen molar-refractivity contribution in [3.63, 3.8) is 0 Å². The van der Waals surface area contributed by atoms with Gasteiger partial charge in [0.2, 0.25) is 5.91 Å². The number of hydrogen-bond acceptors (Lipinski definition) is 5. The van der Waals surface area contributed by atoms with Crippen LogP contribution in [-0.4, -0.2) is 49.3 Å². The van der Waals surface area contributed by atoms with Gasteiger partial charge in [0.1, 0.15) is 5.41 Å². The molecule has 2 aromatic carbocycles. The monoisotopic (exact) mass is 378 g/mol. The first-order valence-electron chi connectivity index (χ1n) is 8.80. The summed E-state index contributed by atoms with van der Waals surface area (Å²) >= 11 is 0. The number of amides is 3. The van der Waals surface area contributed by atoms with E-state index in [0.29, 0.717) is 22.4 Å². The van der Waals surface area contributed by atoms with Crippen LogP contribution in [0.15, 0.2) is 48.5 Å². The number of anilines is 1. The molecule has 7 nitrogen and oxygen atoms in total. The Morgan fingerprint density at radius 3 is 2.14 bits per heavy atom. The lowest BCUT2D eigenvalue weighted by atomic mass is 9.78. The highest BCUT2D eigenvalue weighted by Gasteiger charge is 2.54. The Hall–Kier alpha value is -3.48. The number of likely N-dealkylation sites (N-methyl/N-ethyl adjacent to an activating group) is 1. The number of para-hydroxylation sites is 1. The fourth-order valence-electron chi connectivity index (χ4n) is 4.07. The standard InChI is InChI=1S/C21H18N2O5/c1-22-16-10-6-5-9-15(16)21(20(22)27,11-17(24)28-2)12-23-18(25)13-7-3-4-8-14(13)19(23)26/h3-10H,11-12H2,1-2H3. The summed E-state index contributed by atoms with van der Waals surface area (Å²) in [5.74, 6) is -1.87. The maximum atomic E-state index is 13.3. The van der Waals surface area contributed by atoms with Gasteiger partial charge in [0.25, 0.3) is 11.8 Å². The zero-order valence-corrected chi connectivity index (χ0v) is 15.5. The fraction of sp³-hybridized carbons (Fsp3) is 0.238.